The molecular weight excluding hydrogens is 346 g/mol. The van der Waals surface area contributed by atoms with Gasteiger partial charge >= 0.3 is 0 Å². The lowest BCUT2D eigenvalue weighted by molar-refractivity contribution is -0.131. The average molecular weight is 368 g/mol. The first-order chi connectivity index (χ1) is 11.3. The molecule has 2 rings (SSSR count). The van der Waals surface area contributed by atoms with Crippen molar-refractivity contribution in [3.05, 3.63) is 29.3 Å². The number of amides is 1. The Balaban J connectivity index is 2.13. The molecule has 2 N–H and O–H groups in total. The molecule has 6 nitrogen and oxygen atoms in total. The number of aromatic nitrogens is 3. The number of carbonyl (C=O) groups excluding carboxylic acids is 1. The molecule has 8 heteroatoms. The Labute approximate surface area is 151 Å². The van der Waals surface area contributed by atoms with E-state index in [1.807, 2.05) is 50.8 Å². The Morgan fingerprint density at radius 1 is 1.25 bits per heavy atom. The predicted molar refractivity (Wildman–Crippen MR) is 98.5 cm³/mol. The zero-order valence-corrected chi connectivity index (χ0v) is 15.8. The molecule has 24 heavy (non-hydrogen) atoms. The highest BCUT2D eigenvalue weighted by atomic mass is 35.5. The van der Waals surface area contributed by atoms with Crippen LogP contribution in [-0.2, 0) is 4.79 Å². The molecule has 1 aromatic heterocycles. The van der Waals surface area contributed by atoms with Crippen LogP contribution in [0.4, 0.5) is 0 Å². The summed E-state index contributed by atoms with van der Waals surface area (Å²) in [6, 6.07) is 7.58. The van der Waals surface area contributed by atoms with Crippen LogP contribution in [0.3, 0.4) is 0 Å². The summed E-state index contributed by atoms with van der Waals surface area (Å²) in [6.45, 7) is 8.01. The van der Waals surface area contributed by atoms with Crippen molar-refractivity contribution in [2.45, 2.75) is 44.9 Å². The summed E-state index contributed by atoms with van der Waals surface area (Å²) in [4.78, 5) is 14.3. The minimum atomic E-state index is 0.0484. The maximum Gasteiger partial charge on any atom is 0.233 e. The van der Waals surface area contributed by atoms with Crippen molar-refractivity contribution in [2.75, 3.05) is 11.6 Å². The van der Waals surface area contributed by atoms with Gasteiger partial charge in [-0.2, -0.15) is 0 Å². The van der Waals surface area contributed by atoms with Crippen LogP contribution in [0.15, 0.2) is 29.4 Å². The van der Waals surface area contributed by atoms with Gasteiger partial charge in [-0.3, -0.25) is 4.79 Å². The normalized spacial score (nSPS) is 11.3. The second-order valence-corrected chi connectivity index (χ2v) is 7.28. The summed E-state index contributed by atoms with van der Waals surface area (Å²) in [5.41, 5.74) is 0.707. The monoisotopic (exact) mass is 367 g/mol. The van der Waals surface area contributed by atoms with Crippen molar-refractivity contribution in [3.63, 3.8) is 0 Å². The van der Waals surface area contributed by atoms with Crippen molar-refractivity contribution in [1.29, 1.82) is 0 Å². The van der Waals surface area contributed by atoms with Crippen LogP contribution >= 0.6 is 23.4 Å². The molecule has 0 saturated carbocycles. The Morgan fingerprint density at radius 2 is 1.88 bits per heavy atom. The third-order valence-corrected chi connectivity index (χ3v) is 4.76. The first-order valence-electron chi connectivity index (χ1n) is 7.72. The molecule has 0 aliphatic heterocycles. The van der Waals surface area contributed by atoms with E-state index in [-0.39, 0.29) is 23.7 Å². The lowest BCUT2D eigenvalue weighted by atomic mass is 10.2. The molecule has 130 valence electrons. The van der Waals surface area contributed by atoms with E-state index in [1.165, 1.54) is 16.4 Å². The van der Waals surface area contributed by atoms with Crippen LogP contribution in [0.1, 0.15) is 27.7 Å². The largest absolute Gasteiger partial charge is 0.337 e. The standard InChI is InChI=1S/C16H22ClN5OS/c1-10(2)21(11(3)4)14(23)9-24-16-20-19-15(22(16)18)12-7-5-6-8-13(12)17/h5-8,10-11H,9,18H2,1-4H3. The summed E-state index contributed by atoms with van der Waals surface area (Å²) in [5.74, 6) is 6.85. The van der Waals surface area contributed by atoms with Gasteiger partial charge in [0.15, 0.2) is 5.82 Å². The summed E-state index contributed by atoms with van der Waals surface area (Å²) in [6.07, 6.45) is 0. The maximum absolute atomic E-state index is 12.4. The summed E-state index contributed by atoms with van der Waals surface area (Å²) in [7, 11) is 0. The van der Waals surface area contributed by atoms with Gasteiger partial charge in [-0.1, -0.05) is 35.5 Å². The van der Waals surface area contributed by atoms with Gasteiger partial charge in [-0.25, -0.2) is 4.68 Å². The molecule has 0 saturated heterocycles. The van der Waals surface area contributed by atoms with Crippen LogP contribution < -0.4 is 5.84 Å². The molecule has 0 atom stereocenters. The zero-order valence-electron chi connectivity index (χ0n) is 14.2. The van der Waals surface area contributed by atoms with Crippen molar-refractivity contribution < 1.29 is 4.79 Å². The number of carbonyl (C=O) groups is 1. The molecule has 0 spiro atoms. The molecule has 0 bridgehead atoms. The van der Waals surface area contributed by atoms with Gasteiger partial charge in [0.25, 0.3) is 0 Å². The van der Waals surface area contributed by atoms with Crippen molar-refractivity contribution >= 4 is 29.3 Å². The van der Waals surface area contributed by atoms with Crippen LogP contribution in [0, 0.1) is 0 Å². The van der Waals surface area contributed by atoms with E-state index in [2.05, 4.69) is 10.2 Å². The molecule has 0 fully saturated rings. The highest BCUT2D eigenvalue weighted by Gasteiger charge is 2.22. The molecule has 0 unspecified atom stereocenters. The Morgan fingerprint density at radius 3 is 2.46 bits per heavy atom. The first-order valence-corrected chi connectivity index (χ1v) is 9.08. The minimum absolute atomic E-state index is 0.0484. The quantitative estimate of drug-likeness (QED) is 0.627. The highest BCUT2D eigenvalue weighted by molar-refractivity contribution is 7.99. The van der Waals surface area contributed by atoms with Gasteiger partial charge in [0.2, 0.25) is 11.1 Å². The maximum atomic E-state index is 12.4. The van der Waals surface area contributed by atoms with Gasteiger partial charge in [0.05, 0.1) is 10.8 Å². The Bertz CT molecular complexity index is 708. The second kappa shape index (κ2) is 7.90. The number of hydrogen-bond donors (Lipinski definition) is 1. The second-order valence-electron chi connectivity index (χ2n) is 5.93. The number of thioether (sulfide) groups is 1. The van der Waals surface area contributed by atoms with Gasteiger partial charge < -0.3 is 10.7 Å². The van der Waals surface area contributed by atoms with Crippen LogP contribution in [0.2, 0.25) is 5.02 Å². The summed E-state index contributed by atoms with van der Waals surface area (Å²) in [5, 5.41) is 9.20. The number of nitrogen functional groups attached to an aromatic ring is 1. The SMILES string of the molecule is CC(C)N(C(=O)CSc1nnc(-c2ccccc2Cl)n1N)C(C)C. The number of benzene rings is 1. The number of rotatable bonds is 6. The minimum Gasteiger partial charge on any atom is -0.337 e. The van der Waals surface area contributed by atoms with E-state index < -0.39 is 0 Å². The summed E-state index contributed by atoms with van der Waals surface area (Å²) >= 11 is 7.44. The van der Waals surface area contributed by atoms with Crippen LogP contribution in [0.25, 0.3) is 11.4 Å². The fourth-order valence-electron chi connectivity index (χ4n) is 2.57. The Hall–Kier alpha value is -1.73. The topological polar surface area (TPSA) is 77.0 Å². The molecule has 1 heterocycles. The zero-order chi connectivity index (χ0) is 17.9. The highest BCUT2D eigenvalue weighted by Crippen LogP contribution is 2.27. The van der Waals surface area contributed by atoms with Gasteiger partial charge in [0.1, 0.15) is 0 Å². The van der Waals surface area contributed by atoms with E-state index in [1.54, 1.807) is 6.07 Å². The van der Waals surface area contributed by atoms with Crippen LogP contribution in [-0.4, -0.2) is 43.5 Å². The van der Waals surface area contributed by atoms with Crippen LogP contribution in [0.5, 0.6) is 0 Å². The van der Waals surface area contributed by atoms with Crippen molar-refractivity contribution in [2.24, 2.45) is 0 Å². The third kappa shape index (κ3) is 4.02. The average Bonchev–Trinajstić information content (AvgIpc) is 2.86. The molecule has 0 radical (unpaired) electrons. The van der Waals surface area contributed by atoms with E-state index in [0.29, 0.717) is 21.6 Å². The van der Waals surface area contributed by atoms with Gasteiger partial charge in [-0.15, -0.1) is 10.2 Å². The van der Waals surface area contributed by atoms with Gasteiger partial charge in [-0.05, 0) is 39.8 Å². The number of hydrogen-bond acceptors (Lipinski definition) is 5. The van der Waals surface area contributed by atoms with E-state index in [9.17, 15) is 4.79 Å². The fraction of sp³-hybridized carbons (Fsp3) is 0.438. The summed E-state index contributed by atoms with van der Waals surface area (Å²) < 4.78 is 1.37. The third-order valence-electron chi connectivity index (χ3n) is 3.50. The number of nitrogens with two attached hydrogens (primary N) is 1. The molecule has 1 aromatic carbocycles. The van der Waals surface area contributed by atoms with E-state index in [4.69, 9.17) is 17.4 Å². The Kier molecular flexibility index (Phi) is 6.12. The van der Waals surface area contributed by atoms with Crippen molar-refractivity contribution in [3.8, 4) is 11.4 Å². The molecule has 0 aliphatic carbocycles. The lowest BCUT2D eigenvalue weighted by Gasteiger charge is -2.30. The number of halogens is 1. The van der Waals surface area contributed by atoms with Crippen molar-refractivity contribution in [1.82, 2.24) is 19.8 Å². The fourth-order valence-corrected chi connectivity index (χ4v) is 3.52. The van der Waals surface area contributed by atoms with Gasteiger partial charge in [0, 0.05) is 17.6 Å². The molecule has 2 aromatic rings. The molecular formula is C16H22ClN5OS. The lowest BCUT2D eigenvalue weighted by Crippen LogP contribution is -2.43. The molecule has 1 amide bonds. The smallest absolute Gasteiger partial charge is 0.233 e. The van der Waals surface area contributed by atoms with E-state index >= 15 is 0 Å². The number of nitrogens with zero attached hydrogens (tertiary/aromatic N) is 4. The van der Waals surface area contributed by atoms with E-state index in [0.717, 1.165) is 0 Å². The molecule has 0 aliphatic rings. The first kappa shape index (κ1) is 18.6. The predicted octanol–water partition coefficient (Wildman–Crippen LogP) is 3.05.